The van der Waals surface area contributed by atoms with E-state index < -0.39 is 24.2 Å². The van der Waals surface area contributed by atoms with Crippen molar-refractivity contribution in [1.82, 2.24) is 0 Å². The maximum atomic E-state index is 9.54. The molecule has 0 atom stereocenters. The number of rotatable bonds is 8. The second-order valence-corrected chi connectivity index (χ2v) is 12.7. The predicted octanol–water partition coefficient (Wildman–Crippen LogP) is 14.6. The topological polar surface area (TPSA) is 3.24 Å². The van der Waals surface area contributed by atoms with E-state index in [0.29, 0.717) is 16.8 Å². The van der Waals surface area contributed by atoms with Gasteiger partial charge in [-0.1, -0.05) is 176 Å². The molecular formula is C52H37N. The van der Waals surface area contributed by atoms with Crippen LogP contribution in [0, 0.1) is 0 Å². The monoisotopic (exact) mass is 683 g/mol. The van der Waals surface area contributed by atoms with Crippen LogP contribution in [0.3, 0.4) is 0 Å². The van der Waals surface area contributed by atoms with Gasteiger partial charge in [0.1, 0.15) is 0 Å². The molecule has 0 amide bonds. The zero-order chi connectivity index (χ0) is 42.4. The Kier molecular flexibility index (Phi) is 6.57. The van der Waals surface area contributed by atoms with Crippen LogP contribution in [0.4, 0.5) is 17.1 Å². The number of anilines is 3. The molecule has 0 N–H and O–H groups in total. The van der Waals surface area contributed by atoms with Crippen molar-refractivity contribution < 1.29 is 11.0 Å². The third-order valence-corrected chi connectivity index (χ3v) is 9.41. The average Bonchev–Trinajstić information content (AvgIpc) is 3.30. The Morgan fingerprint density at radius 2 is 0.698 bits per heavy atom. The molecule has 0 aliphatic rings. The second kappa shape index (κ2) is 14.3. The van der Waals surface area contributed by atoms with Crippen LogP contribution in [0.25, 0.3) is 66.4 Å². The van der Waals surface area contributed by atoms with Crippen LogP contribution in [0.15, 0.2) is 224 Å². The Bertz CT molecular complexity index is 3050. The third-order valence-electron chi connectivity index (χ3n) is 9.41. The van der Waals surface area contributed by atoms with Crippen LogP contribution in [-0.4, -0.2) is 0 Å². The molecule has 0 aliphatic heterocycles. The molecule has 0 unspecified atom stereocenters. The van der Waals surface area contributed by atoms with Crippen molar-refractivity contribution in [2.24, 2.45) is 0 Å². The van der Waals surface area contributed by atoms with Crippen molar-refractivity contribution in [3.8, 4) is 55.6 Å². The fourth-order valence-corrected chi connectivity index (χ4v) is 6.73. The summed E-state index contributed by atoms with van der Waals surface area (Å²) in [6.45, 7) is 0. The summed E-state index contributed by atoms with van der Waals surface area (Å²) in [5.74, 6) is 0. The minimum absolute atomic E-state index is 0.105. The van der Waals surface area contributed by atoms with E-state index in [2.05, 4.69) is 0 Å². The second-order valence-electron chi connectivity index (χ2n) is 12.7. The van der Waals surface area contributed by atoms with Gasteiger partial charge in [0.25, 0.3) is 0 Å². The van der Waals surface area contributed by atoms with Gasteiger partial charge in [0.05, 0.1) is 11.0 Å². The van der Waals surface area contributed by atoms with Gasteiger partial charge in [-0.15, -0.1) is 0 Å². The molecule has 0 fully saturated rings. The first kappa shape index (κ1) is 24.3. The van der Waals surface area contributed by atoms with Crippen LogP contribution in [-0.2, 0) is 0 Å². The van der Waals surface area contributed by atoms with Crippen molar-refractivity contribution in [1.29, 1.82) is 0 Å². The van der Waals surface area contributed by atoms with Crippen LogP contribution in [0.5, 0.6) is 0 Å². The van der Waals surface area contributed by atoms with Gasteiger partial charge in [0.2, 0.25) is 0 Å². The molecule has 1 nitrogen and oxygen atoms in total. The predicted molar refractivity (Wildman–Crippen MR) is 226 cm³/mol. The van der Waals surface area contributed by atoms with Gasteiger partial charge in [-0.2, -0.15) is 0 Å². The van der Waals surface area contributed by atoms with E-state index in [1.807, 2.05) is 152 Å². The van der Waals surface area contributed by atoms with Gasteiger partial charge < -0.3 is 4.90 Å². The highest BCUT2D eigenvalue weighted by Gasteiger charge is 2.14. The molecule has 0 saturated heterocycles. The smallest absolute Gasteiger partial charge is 0.0645 e. The number of fused-ring (bicyclic) bond motifs is 1. The Morgan fingerprint density at radius 1 is 0.283 bits per heavy atom. The van der Waals surface area contributed by atoms with E-state index >= 15 is 0 Å². The summed E-state index contributed by atoms with van der Waals surface area (Å²) in [4.78, 5) is 1.34. The van der Waals surface area contributed by atoms with Gasteiger partial charge in [-0.3, -0.25) is 0 Å². The highest BCUT2D eigenvalue weighted by atomic mass is 15.1. The van der Waals surface area contributed by atoms with Gasteiger partial charge >= 0.3 is 0 Å². The van der Waals surface area contributed by atoms with Crippen molar-refractivity contribution in [2.75, 3.05) is 4.90 Å². The summed E-state index contributed by atoms with van der Waals surface area (Å²) in [6.07, 6.45) is 0. The van der Waals surface area contributed by atoms with Gasteiger partial charge in [-0.25, -0.2) is 0 Å². The van der Waals surface area contributed by atoms with Gasteiger partial charge in [0, 0.05) is 17.1 Å². The molecule has 250 valence electrons. The van der Waals surface area contributed by atoms with E-state index in [0.717, 1.165) is 44.2 Å². The first-order chi connectivity index (χ1) is 29.6. The normalized spacial score (nSPS) is 13.1. The maximum Gasteiger partial charge on any atom is 0.0645 e. The molecule has 0 bridgehead atoms. The molecule has 1 heteroatoms. The summed E-state index contributed by atoms with van der Waals surface area (Å²) >= 11 is 0. The fourth-order valence-electron chi connectivity index (χ4n) is 6.73. The highest BCUT2D eigenvalue weighted by Crippen LogP contribution is 2.39. The average molecular weight is 684 g/mol. The Hall–Kier alpha value is -6.96. The molecule has 9 aromatic rings. The standard InChI is InChI=1S/C52H37N/c1-3-12-38(13-4-1)40-24-30-48(31-25-40)53(49-32-26-41(27-33-49)45-19-9-18-44(36-45)39-14-5-2-6-15-39)50-34-28-42(29-35-50)46-20-10-21-47(37-46)52-23-11-17-43-16-7-8-22-51(43)52/h1-37H/i26D,27D,28D,29D,32D,33D,34D,35D. The minimum Gasteiger partial charge on any atom is -0.311 e. The zero-order valence-electron chi connectivity index (χ0n) is 36.7. The fraction of sp³-hybridized carbons (Fsp3) is 0. The quantitative estimate of drug-likeness (QED) is 0.154. The van der Waals surface area contributed by atoms with Crippen LogP contribution in [0.1, 0.15) is 11.0 Å². The molecular weight excluding hydrogens is 639 g/mol. The van der Waals surface area contributed by atoms with Gasteiger partial charge in [-0.05, 0) is 115 Å². The molecule has 53 heavy (non-hydrogen) atoms. The lowest BCUT2D eigenvalue weighted by molar-refractivity contribution is 1.28. The maximum absolute atomic E-state index is 9.54. The first-order valence-corrected chi connectivity index (χ1v) is 17.5. The summed E-state index contributed by atoms with van der Waals surface area (Å²) in [6, 6.07) is 52.7. The summed E-state index contributed by atoms with van der Waals surface area (Å²) in [7, 11) is 0. The highest BCUT2D eigenvalue weighted by molar-refractivity contribution is 5.97. The van der Waals surface area contributed by atoms with Gasteiger partial charge in [0.15, 0.2) is 0 Å². The first-order valence-electron chi connectivity index (χ1n) is 21.5. The molecule has 9 aromatic carbocycles. The van der Waals surface area contributed by atoms with Crippen LogP contribution in [0.2, 0.25) is 0 Å². The van der Waals surface area contributed by atoms with Crippen molar-refractivity contribution in [3.63, 3.8) is 0 Å². The van der Waals surface area contributed by atoms with Crippen molar-refractivity contribution in [3.05, 3.63) is 224 Å². The lowest BCUT2D eigenvalue weighted by Crippen LogP contribution is -2.09. The van der Waals surface area contributed by atoms with E-state index in [9.17, 15) is 11.0 Å². The Labute approximate surface area is 323 Å². The SMILES string of the molecule is [2H]c1c([2H])c(N(c2ccc(-c3ccccc3)cc2)c2c([2H])c([2H])c(-c3cccc(-c4cccc5ccccc45)c3)c([2H])c2[2H])c([2H])c([2H])c1-c1cccc(-c2ccccc2)c1. The summed E-state index contributed by atoms with van der Waals surface area (Å²) in [5.41, 5.74) is 6.60. The molecule has 0 saturated carbocycles. The van der Waals surface area contributed by atoms with Crippen LogP contribution >= 0.6 is 0 Å². The van der Waals surface area contributed by atoms with Crippen molar-refractivity contribution >= 4 is 27.8 Å². The molecule has 0 aliphatic carbocycles. The summed E-state index contributed by atoms with van der Waals surface area (Å²) < 4.78 is 75.6. The molecule has 0 spiro atoms. The Balaban J connectivity index is 1.23. The van der Waals surface area contributed by atoms with E-state index in [1.165, 1.54) is 4.90 Å². The number of nitrogens with zero attached hydrogens (tertiary/aromatic N) is 1. The molecule has 0 heterocycles. The third kappa shape index (κ3) is 6.65. The molecule has 9 rings (SSSR count). The van der Waals surface area contributed by atoms with E-state index in [4.69, 9.17) is 0 Å². The zero-order valence-corrected chi connectivity index (χ0v) is 28.7. The van der Waals surface area contributed by atoms with Crippen LogP contribution < -0.4 is 4.90 Å². The van der Waals surface area contributed by atoms with E-state index in [1.54, 1.807) is 24.3 Å². The lowest BCUT2D eigenvalue weighted by atomic mass is 9.95. The minimum atomic E-state index is -0.393. The van der Waals surface area contributed by atoms with E-state index in [-0.39, 0.29) is 46.7 Å². The number of hydrogen-bond acceptors (Lipinski definition) is 1. The van der Waals surface area contributed by atoms with Crippen molar-refractivity contribution in [2.45, 2.75) is 0 Å². The molecule has 0 radical (unpaired) electrons. The largest absolute Gasteiger partial charge is 0.311 e. The summed E-state index contributed by atoms with van der Waals surface area (Å²) in [5, 5.41) is 2.11. The lowest BCUT2D eigenvalue weighted by Gasteiger charge is -2.26. The number of hydrogen-bond donors (Lipinski definition) is 0. The Morgan fingerprint density at radius 3 is 1.30 bits per heavy atom. The number of benzene rings is 9. The molecule has 0 aromatic heterocycles.